The van der Waals surface area contributed by atoms with Crippen molar-refractivity contribution in [3.05, 3.63) is 57.6 Å². The first-order chi connectivity index (χ1) is 16.2. The molecule has 0 atom stereocenters. The molecular weight excluding hydrogens is 444 g/mol. The lowest BCUT2D eigenvalue weighted by molar-refractivity contribution is 0.443. The van der Waals surface area contributed by atoms with Crippen LogP contribution in [0.25, 0.3) is 0 Å². The summed E-state index contributed by atoms with van der Waals surface area (Å²) >= 11 is 0. The van der Waals surface area contributed by atoms with Crippen LogP contribution in [-0.2, 0) is 21.7 Å². The van der Waals surface area contributed by atoms with Crippen LogP contribution in [0.15, 0.2) is 34.3 Å². The number of nitrogens with zero attached hydrogens (tertiary/aromatic N) is 2. The van der Waals surface area contributed by atoms with Crippen molar-refractivity contribution < 1.29 is 10.2 Å². The Morgan fingerprint density at radius 3 is 1.08 bits per heavy atom. The third-order valence-electron chi connectivity index (χ3n) is 6.45. The highest BCUT2D eigenvalue weighted by Crippen LogP contribution is 2.38. The number of hydrogen-bond donors (Lipinski definition) is 2. The van der Waals surface area contributed by atoms with E-state index in [1.165, 1.54) is 11.1 Å². The lowest BCUT2D eigenvalue weighted by atomic mass is 9.79. The van der Waals surface area contributed by atoms with Gasteiger partial charge >= 0.3 is 0 Å². The van der Waals surface area contributed by atoms with Crippen LogP contribution in [0.4, 0.5) is 0 Å². The van der Waals surface area contributed by atoms with Gasteiger partial charge in [-0.1, -0.05) is 95.2 Å². The monoisotopic (exact) mass is 492 g/mol. The summed E-state index contributed by atoms with van der Waals surface area (Å²) in [6.45, 7) is 26.7. The van der Waals surface area contributed by atoms with Crippen LogP contribution in [0.3, 0.4) is 0 Å². The van der Waals surface area contributed by atoms with E-state index in [-0.39, 0.29) is 21.7 Å². The number of rotatable bonds is 5. The Morgan fingerprint density at radius 2 is 0.833 bits per heavy atom. The SMILES string of the molecule is CC(C)(C)c1cc(/C=N/CC/N=C/c2cc(C(C)(C)C)cc(C(C)(C)C)c2O)c(O)c(C(C)(C)C)c1. The van der Waals surface area contributed by atoms with Crippen LogP contribution >= 0.6 is 0 Å². The number of benzene rings is 2. The van der Waals surface area contributed by atoms with Crippen LogP contribution in [0.2, 0.25) is 0 Å². The van der Waals surface area contributed by atoms with E-state index in [0.717, 1.165) is 22.3 Å². The van der Waals surface area contributed by atoms with Crippen LogP contribution in [0.1, 0.15) is 116 Å². The van der Waals surface area contributed by atoms with Crippen molar-refractivity contribution in [2.45, 2.75) is 105 Å². The number of phenols is 2. The summed E-state index contributed by atoms with van der Waals surface area (Å²) in [5.74, 6) is 0.586. The molecule has 198 valence electrons. The predicted octanol–water partition coefficient (Wildman–Crippen LogP) is 7.83. The summed E-state index contributed by atoms with van der Waals surface area (Å²) in [6.07, 6.45) is 3.51. The first kappa shape index (κ1) is 29.6. The maximum Gasteiger partial charge on any atom is 0.128 e. The van der Waals surface area contributed by atoms with Gasteiger partial charge < -0.3 is 10.2 Å². The third-order valence-corrected chi connectivity index (χ3v) is 6.45. The quantitative estimate of drug-likeness (QED) is 0.330. The van der Waals surface area contributed by atoms with Crippen molar-refractivity contribution in [3.63, 3.8) is 0 Å². The van der Waals surface area contributed by atoms with Gasteiger partial charge in [0.2, 0.25) is 0 Å². The molecule has 0 saturated carbocycles. The Morgan fingerprint density at radius 1 is 0.528 bits per heavy atom. The van der Waals surface area contributed by atoms with E-state index in [4.69, 9.17) is 0 Å². The highest BCUT2D eigenvalue weighted by molar-refractivity contribution is 5.86. The van der Waals surface area contributed by atoms with Gasteiger partial charge in [0.05, 0.1) is 13.1 Å². The molecule has 2 aromatic rings. The van der Waals surface area contributed by atoms with Gasteiger partial charge in [-0.25, -0.2) is 0 Å². The zero-order valence-electron chi connectivity index (χ0n) is 24.7. The molecule has 0 fully saturated rings. The Kier molecular flexibility index (Phi) is 8.55. The van der Waals surface area contributed by atoms with Crippen molar-refractivity contribution in [2.75, 3.05) is 13.1 Å². The Labute approximate surface area is 219 Å². The second-order valence-corrected chi connectivity index (χ2v) is 14.0. The molecule has 4 nitrogen and oxygen atoms in total. The lowest BCUT2D eigenvalue weighted by Crippen LogP contribution is -2.17. The van der Waals surface area contributed by atoms with Crippen molar-refractivity contribution in [1.82, 2.24) is 0 Å². The number of phenolic OH excluding ortho intramolecular Hbond substituents is 2. The van der Waals surface area contributed by atoms with Crippen LogP contribution in [-0.4, -0.2) is 35.7 Å². The second kappa shape index (κ2) is 10.4. The third kappa shape index (κ3) is 7.44. The molecule has 0 saturated heterocycles. The van der Waals surface area contributed by atoms with Gasteiger partial charge in [-0.05, 0) is 44.9 Å². The molecule has 0 aromatic heterocycles. The molecule has 2 aromatic carbocycles. The number of aromatic hydroxyl groups is 2. The first-order valence-corrected chi connectivity index (χ1v) is 13.0. The van der Waals surface area contributed by atoms with E-state index in [2.05, 4.69) is 105 Å². The smallest absolute Gasteiger partial charge is 0.128 e. The topological polar surface area (TPSA) is 65.2 Å². The molecular formula is C32H48N2O2. The fourth-order valence-electron chi connectivity index (χ4n) is 3.96. The van der Waals surface area contributed by atoms with Gasteiger partial charge in [0.15, 0.2) is 0 Å². The van der Waals surface area contributed by atoms with E-state index >= 15 is 0 Å². The summed E-state index contributed by atoms with van der Waals surface area (Å²) in [4.78, 5) is 9.11. The summed E-state index contributed by atoms with van der Waals surface area (Å²) in [5, 5.41) is 21.9. The first-order valence-electron chi connectivity index (χ1n) is 13.0. The van der Waals surface area contributed by atoms with Crippen LogP contribution in [0, 0.1) is 0 Å². The van der Waals surface area contributed by atoms with Crippen molar-refractivity contribution in [2.24, 2.45) is 9.98 Å². The van der Waals surface area contributed by atoms with E-state index in [1.807, 2.05) is 12.1 Å². The zero-order chi connectivity index (χ0) is 27.7. The molecule has 0 spiro atoms. The maximum atomic E-state index is 10.9. The molecule has 0 aliphatic rings. The van der Waals surface area contributed by atoms with E-state index in [1.54, 1.807) is 12.4 Å². The van der Waals surface area contributed by atoms with Crippen molar-refractivity contribution in [3.8, 4) is 11.5 Å². The van der Waals surface area contributed by atoms with Gasteiger partial charge in [0.25, 0.3) is 0 Å². The number of hydrogen-bond acceptors (Lipinski definition) is 4. The zero-order valence-corrected chi connectivity index (χ0v) is 24.7. The summed E-state index contributed by atoms with van der Waals surface area (Å²) in [5.41, 5.74) is 5.27. The minimum absolute atomic E-state index is 0.0317. The molecule has 2 N–H and O–H groups in total. The average Bonchev–Trinajstić information content (AvgIpc) is 2.69. The standard InChI is InChI=1S/C32H48N2O2/c1-29(2,3)23-15-21(27(35)25(17-23)31(7,8)9)19-33-13-14-34-20-22-16-24(30(4,5)6)18-26(28(22)36)32(10,11)12/h15-20,35-36H,13-14H2,1-12H3/b33-19+,34-20+. The van der Waals surface area contributed by atoms with Crippen LogP contribution in [0.5, 0.6) is 11.5 Å². The normalized spacial score (nSPS) is 13.8. The van der Waals surface area contributed by atoms with Crippen LogP contribution < -0.4 is 0 Å². The fraction of sp³-hybridized carbons (Fsp3) is 0.562. The minimum atomic E-state index is -0.173. The lowest BCUT2D eigenvalue weighted by Gasteiger charge is -2.27. The second-order valence-electron chi connectivity index (χ2n) is 14.0. The minimum Gasteiger partial charge on any atom is -0.507 e. The van der Waals surface area contributed by atoms with E-state index in [9.17, 15) is 10.2 Å². The summed E-state index contributed by atoms with van der Waals surface area (Å²) < 4.78 is 0. The molecule has 0 heterocycles. The van der Waals surface area contributed by atoms with Crippen molar-refractivity contribution >= 4 is 12.4 Å². The fourth-order valence-corrected chi connectivity index (χ4v) is 3.96. The molecule has 0 amide bonds. The highest BCUT2D eigenvalue weighted by atomic mass is 16.3. The molecule has 0 radical (unpaired) electrons. The molecule has 36 heavy (non-hydrogen) atoms. The maximum absolute atomic E-state index is 10.9. The van der Waals surface area contributed by atoms with Gasteiger partial charge in [-0.3, -0.25) is 9.98 Å². The molecule has 2 rings (SSSR count). The van der Waals surface area contributed by atoms with E-state index < -0.39 is 0 Å². The summed E-state index contributed by atoms with van der Waals surface area (Å²) in [6, 6.07) is 8.28. The molecule has 0 aliphatic carbocycles. The van der Waals surface area contributed by atoms with E-state index in [0.29, 0.717) is 24.6 Å². The molecule has 4 heteroatoms. The highest BCUT2D eigenvalue weighted by Gasteiger charge is 2.25. The Hall–Kier alpha value is -2.62. The molecule has 0 bridgehead atoms. The average molecular weight is 493 g/mol. The molecule has 0 unspecified atom stereocenters. The number of aliphatic imine (C=N–C) groups is 2. The predicted molar refractivity (Wildman–Crippen MR) is 156 cm³/mol. The molecule has 0 aliphatic heterocycles. The Bertz CT molecular complexity index is 1040. The van der Waals surface area contributed by atoms with Gasteiger partial charge in [-0.2, -0.15) is 0 Å². The van der Waals surface area contributed by atoms with Gasteiger partial charge in [0.1, 0.15) is 11.5 Å². The van der Waals surface area contributed by atoms with Crippen molar-refractivity contribution in [1.29, 1.82) is 0 Å². The Balaban J connectivity index is 2.27. The summed E-state index contributed by atoms with van der Waals surface area (Å²) in [7, 11) is 0. The largest absolute Gasteiger partial charge is 0.507 e. The van der Waals surface area contributed by atoms with Gasteiger partial charge in [-0.15, -0.1) is 0 Å². The van der Waals surface area contributed by atoms with Gasteiger partial charge in [0, 0.05) is 34.7 Å².